The fraction of sp³-hybridized carbons (Fsp3) is 0.680. The molecule has 7 heteroatoms. The van der Waals surface area contributed by atoms with Crippen molar-refractivity contribution in [3.8, 4) is 11.5 Å². The first-order chi connectivity index (χ1) is 15.3. The van der Waals surface area contributed by atoms with E-state index in [9.17, 15) is 9.59 Å². The van der Waals surface area contributed by atoms with Gasteiger partial charge >= 0.3 is 0 Å². The van der Waals surface area contributed by atoms with Gasteiger partial charge in [0.25, 0.3) is 0 Å². The van der Waals surface area contributed by atoms with Gasteiger partial charge in [0.1, 0.15) is 5.60 Å². The molecule has 4 atom stereocenters. The predicted octanol–water partition coefficient (Wildman–Crippen LogP) is 3.61. The highest BCUT2D eigenvalue weighted by molar-refractivity contribution is 5.77. The predicted molar refractivity (Wildman–Crippen MR) is 121 cm³/mol. The van der Waals surface area contributed by atoms with Crippen molar-refractivity contribution in [2.45, 2.75) is 83.1 Å². The van der Waals surface area contributed by atoms with Gasteiger partial charge in [-0.25, -0.2) is 0 Å². The van der Waals surface area contributed by atoms with Crippen molar-refractivity contribution in [1.82, 2.24) is 10.2 Å². The van der Waals surface area contributed by atoms with Gasteiger partial charge in [-0.05, 0) is 45.6 Å². The normalized spacial score (nSPS) is 27.6. The van der Waals surface area contributed by atoms with Gasteiger partial charge in [0.15, 0.2) is 11.5 Å². The highest BCUT2D eigenvalue weighted by Gasteiger charge is 2.54. The number of para-hydroxylation sites is 1. The minimum atomic E-state index is -0.418. The fourth-order valence-corrected chi connectivity index (χ4v) is 5.53. The van der Waals surface area contributed by atoms with E-state index in [1.165, 1.54) is 6.92 Å². The van der Waals surface area contributed by atoms with E-state index in [-0.39, 0.29) is 36.0 Å². The molecule has 1 aromatic carbocycles. The smallest absolute Gasteiger partial charge is 0.222 e. The van der Waals surface area contributed by atoms with Crippen LogP contribution in [-0.4, -0.2) is 54.7 Å². The molecule has 4 rings (SSSR count). The van der Waals surface area contributed by atoms with E-state index in [1.807, 2.05) is 17.0 Å². The summed E-state index contributed by atoms with van der Waals surface area (Å²) in [6, 6.07) is 6.09. The molecule has 0 aromatic heterocycles. The van der Waals surface area contributed by atoms with Crippen molar-refractivity contribution in [2.75, 3.05) is 20.2 Å². The molecule has 0 saturated carbocycles. The van der Waals surface area contributed by atoms with Gasteiger partial charge < -0.3 is 24.4 Å². The van der Waals surface area contributed by atoms with Gasteiger partial charge in [-0.2, -0.15) is 0 Å². The average molecular weight is 445 g/mol. The quantitative estimate of drug-likeness (QED) is 0.650. The third-order valence-electron chi connectivity index (χ3n) is 7.22. The summed E-state index contributed by atoms with van der Waals surface area (Å²) in [6.45, 7) is 7.18. The number of fused-ring (bicyclic) bond motifs is 4. The van der Waals surface area contributed by atoms with E-state index in [1.54, 1.807) is 7.11 Å². The van der Waals surface area contributed by atoms with Crippen LogP contribution in [0.15, 0.2) is 18.2 Å². The second-order valence-electron chi connectivity index (χ2n) is 9.76. The number of rotatable bonds is 7. The topological polar surface area (TPSA) is 77.1 Å². The SMILES string of the molecule is COc1cccc2c1OC(C)(C)[C@H]1C[C@@H]3[C@H](CCN3C(=O)CCCCCNC(C)=O)O[C@H]21. The van der Waals surface area contributed by atoms with Crippen molar-refractivity contribution >= 4 is 11.8 Å². The van der Waals surface area contributed by atoms with E-state index in [2.05, 4.69) is 25.2 Å². The molecule has 1 aromatic rings. The lowest BCUT2D eigenvalue weighted by molar-refractivity contribution is -0.167. The summed E-state index contributed by atoms with van der Waals surface area (Å²) in [6.07, 6.45) is 5.02. The Balaban J connectivity index is 1.40. The van der Waals surface area contributed by atoms with Gasteiger partial charge in [0.2, 0.25) is 11.8 Å². The molecule has 176 valence electrons. The standard InChI is InChI=1S/C25H36N2O5/c1-16(28)26-13-7-5-6-11-22(29)27-14-12-20-19(27)15-18-23(31-20)17-9-8-10-21(30-4)24(17)32-25(18,2)3/h8-10,18-20,23H,5-7,11-15H2,1-4H3,(H,26,28)/t18-,19+,20-,23+/m0/s1. The molecule has 0 aliphatic carbocycles. The first-order valence-electron chi connectivity index (χ1n) is 11.9. The Bertz CT molecular complexity index is 855. The zero-order chi connectivity index (χ0) is 22.9. The molecule has 0 radical (unpaired) electrons. The number of nitrogens with zero attached hydrogens (tertiary/aromatic N) is 1. The molecule has 2 amide bonds. The molecule has 2 saturated heterocycles. The lowest BCUT2D eigenvalue weighted by Crippen LogP contribution is -2.54. The Morgan fingerprint density at radius 2 is 2.06 bits per heavy atom. The number of methoxy groups -OCH3 is 1. The molecule has 3 aliphatic heterocycles. The van der Waals surface area contributed by atoms with E-state index >= 15 is 0 Å². The average Bonchev–Trinajstić information content (AvgIpc) is 3.17. The third kappa shape index (κ3) is 4.45. The number of ether oxygens (including phenoxy) is 3. The minimum absolute atomic E-state index is 0.00419. The van der Waals surface area contributed by atoms with Crippen LogP contribution in [0.2, 0.25) is 0 Å². The van der Waals surface area contributed by atoms with Gasteiger partial charge in [-0.3, -0.25) is 9.59 Å². The molecule has 3 aliphatic rings. The van der Waals surface area contributed by atoms with E-state index in [0.717, 1.165) is 55.7 Å². The Labute approximate surface area is 190 Å². The summed E-state index contributed by atoms with van der Waals surface area (Å²) < 4.78 is 18.6. The molecule has 7 nitrogen and oxygen atoms in total. The largest absolute Gasteiger partial charge is 0.493 e. The van der Waals surface area contributed by atoms with Crippen molar-refractivity contribution in [2.24, 2.45) is 5.92 Å². The number of hydrogen-bond acceptors (Lipinski definition) is 5. The van der Waals surface area contributed by atoms with Crippen LogP contribution in [0.4, 0.5) is 0 Å². The van der Waals surface area contributed by atoms with E-state index in [4.69, 9.17) is 14.2 Å². The third-order valence-corrected chi connectivity index (χ3v) is 7.22. The van der Waals surface area contributed by atoms with Crippen molar-refractivity contribution in [3.63, 3.8) is 0 Å². The van der Waals surface area contributed by atoms with Crippen LogP contribution in [0, 0.1) is 5.92 Å². The maximum Gasteiger partial charge on any atom is 0.222 e. The zero-order valence-electron chi connectivity index (χ0n) is 19.7. The molecule has 0 spiro atoms. The molecule has 32 heavy (non-hydrogen) atoms. The van der Waals surface area contributed by atoms with Gasteiger partial charge in [-0.1, -0.05) is 18.6 Å². The summed E-state index contributed by atoms with van der Waals surface area (Å²) >= 11 is 0. The second kappa shape index (κ2) is 9.30. The van der Waals surface area contributed by atoms with Crippen LogP contribution in [-0.2, 0) is 14.3 Å². The Hall–Kier alpha value is -2.28. The molecule has 2 fully saturated rings. The maximum absolute atomic E-state index is 13.0. The van der Waals surface area contributed by atoms with Crippen LogP contribution in [0.1, 0.15) is 71.0 Å². The molecular weight excluding hydrogens is 408 g/mol. The Kier molecular flexibility index (Phi) is 6.65. The van der Waals surface area contributed by atoms with Gasteiger partial charge in [0.05, 0.1) is 25.4 Å². The van der Waals surface area contributed by atoms with Crippen molar-refractivity contribution in [1.29, 1.82) is 0 Å². The lowest BCUT2D eigenvalue weighted by Gasteiger charge is -2.50. The first kappa shape index (κ1) is 22.9. The second-order valence-corrected chi connectivity index (χ2v) is 9.76. The number of amides is 2. The molecule has 0 unspecified atom stereocenters. The highest BCUT2D eigenvalue weighted by Crippen LogP contribution is 2.54. The summed E-state index contributed by atoms with van der Waals surface area (Å²) in [5, 5.41) is 2.80. The first-order valence-corrected chi connectivity index (χ1v) is 11.9. The molecule has 3 heterocycles. The number of carbonyl (C=O) groups excluding carboxylic acids is 2. The van der Waals surface area contributed by atoms with Gasteiger partial charge in [0, 0.05) is 37.9 Å². The van der Waals surface area contributed by atoms with Crippen LogP contribution in [0.25, 0.3) is 0 Å². The van der Waals surface area contributed by atoms with Gasteiger partial charge in [-0.15, -0.1) is 0 Å². The van der Waals surface area contributed by atoms with Crippen LogP contribution >= 0.6 is 0 Å². The van der Waals surface area contributed by atoms with Crippen molar-refractivity contribution < 1.29 is 23.8 Å². The fourth-order valence-electron chi connectivity index (χ4n) is 5.53. The van der Waals surface area contributed by atoms with Crippen LogP contribution in [0.3, 0.4) is 0 Å². The van der Waals surface area contributed by atoms with Crippen LogP contribution < -0.4 is 14.8 Å². The molecule has 0 bridgehead atoms. The van der Waals surface area contributed by atoms with E-state index in [0.29, 0.717) is 13.0 Å². The highest BCUT2D eigenvalue weighted by atomic mass is 16.5. The Morgan fingerprint density at radius 3 is 2.81 bits per heavy atom. The maximum atomic E-state index is 13.0. The molecular formula is C25H36N2O5. The Morgan fingerprint density at radius 1 is 1.25 bits per heavy atom. The summed E-state index contributed by atoms with van der Waals surface area (Å²) in [4.78, 5) is 26.0. The minimum Gasteiger partial charge on any atom is -0.493 e. The monoisotopic (exact) mass is 444 g/mol. The van der Waals surface area contributed by atoms with Crippen LogP contribution in [0.5, 0.6) is 11.5 Å². The van der Waals surface area contributed by atoms with E-state index < -0.39 is 5.60 Å². The number of likely N-dealkylation sites (tertiary alicyclic amines) is 1. The summed E-state index contributed by atoms with van der Waals surface area (Å²) in [7, 11) is 1.66. The number of benzene rings is 1. The lowest BCUT2D eigenvalue weighted by atomic mass is 9.74. The number of unbranched alkanes of at least 4 members (excludes halogenated alkanes) is 2. The number of carbonyl (C=O) groups is 2. The number of hydrogen-bond donors (Lipinski definition) is 1. The molecule has 1 N–H and O–H groups in total. The number of nitrogens with one attached hydrogen (secondary N) is 1. The van der Waals surface area contributed by atoms with Crippen molar-refractivity contribution in [3.05, 3.63) is 23.8 Å². The summed E-state index contributed by atoms with van der Waals surface area (Å²) in [5.41, 5.74) is 0.634. The summed E-state index contributed by atoms with van der Waals surface area (Å²) in [5.74, 6) is 1.90. The zero-order valence-corrected chi connectivity index (χ0v) is 19.7.